The molecule has 0 unspecified atom stereocenters. The molecular weight excluding hydrogens is 210 g/mol. The number of nitrogens with two attached hydrogens (primary N) is 1. The molecule has 2 rings (SSSR count). The Morgan fingerprint density at radius 1 is 1.27 bits per heavy atom. The highest BCUT2D eigenvalue weighted by Crippen LogP contribution is 2.14. The zero-order valence-electron chi connectivity index (χ0n) is 8.39. The molecule has 78 valence electrons. The molecule has 0 radical (unpaired) electrons. The first-order chi connectivity index (χ1) is 7.16. The van der Waals surface area contributed by atoms with Gasteiger partial charge in [0.15, 0.2) is 0 Å². The Balaban J connectivity index is 2.33. The maximum Gasteiger partial charge on any atom is 0.0793 e. The Labute approximate surface area is 93.5 Å². The topological polar surface area (TPSA) is 43.8 Å². The predicted octanol–water partition coefficient (Wildman–Crippen LogP) is 2.55. The highest BCUT2D eigenvalue weighted by atomic mass is 35.5. The number of hydrogen-bond donors (Lipinski definition) is 1. The molecule has 3 nitrogen and oxygen atoms in total. The molecule has 0 amide bonds. The van der Waals surface area contributed by atoms with Gasteiger partial charge in [0.25, 0.3) is 0 Å². The molecule has 0 saturated heterocycles. The van der Waals surface area contributed by atoms with Crippen molar-refractivity contribution in [2.45, 2.75) is 13.0 Å². The molecule has 0 saturated carbocycles. The van der Waals surface area contributed by atoms with E-state index in [2.05, 4.69) is 5.10 Å². The van der Waals surface area contributed by atoms with E-state index in [0.29, 0.717) is 0 Å². The molecule has 1 heterocycles. The Kier molecular flexibility index (Phi) is 2.75. The van der Waals surface area contributed by atoms with Crippen LogP contribution >= 0.6 is 11.6 Å². The number of benzene rings is 1. The summed E-state index contributed by atoms with van der Waals surface area (Å²) in [5, 5.41) is 5.08. The van der Waals surface area contributed by atoms with Gasteiger partial charge in [-0.1, -0.05) is 11.6 Å². The van der Waals surface area contributed by atoms with Crippen LogP contribution < -0.4 is 5.73 Å². The lowest BCUT2D eigenvalue weighted by molar-refractivity contribution is 0.742. The summed E-state index contributed by atoms with van der Waals surface area (Å²) in [6.45, 7) is 1.91. The van der Waals surface area contributed by atoms with Gasteiger partial charge in [0.2, 0.25) is 0 Å². The quantitative estimate of drug-likeness (QED) is 0.847. The Morgan fingerprint density at radius 2 is 1.93 bits per heavy atom. The monoisotopic (exact) mass is 221 g/mol. The first kappa shape index (κ1) is 10.2. The molecule has 1 atom stereocenters. The molecule has 4 heteroatoms. The van der Waals surface area contributed by atoms with Crippen molar-refractivity contribution < 1.29 is 0 Å². The van der Waals surface area contributed by atoms with Crippen molar-refractivity contribution in [1.29, 1.82) is 0 Å². The highest BCUT2D eigenvalue weighted by molar-refractivity contribution is 6.30. The number of hydrogen-bond acceptors (Lipinski definition) is 2. The maximum absolute atomic E-state index is 5.81. The fraction of sp³-hybridized carbons (Fsp3) is 0.182. The largest absolute Gasteiger partial charge is 0.323 e. The van der Waals surface area contributed by atoms with E-state index >= 15 is 0 Å². The van der Waals surface area contributed by atoms with E-state index in [0.717, 1.165) is 16.4 Å². The molecule has 0 bridgehead atoms. The van der Waals surface area contributed by atoms with Gasteiger partial charge in [0.1, 0.15) is 0 Å². The van der Waals surface area contributed by atoms with E-state index in [1.807, 2.05) is 43.5 Å². The number of rotatable bonds is 2. The van der Waals surface area contributed by atoms with Crippen molar-refractivity contribution in [1.82, 2.24) is 9.78 Å². The molecule has 0 aliphatic carbocycles. The van der Waals surface area contributed by atoms with Crippen LogP contribution in [0, 0.1) is 0 Å². The molecule has 1 aromatic carbocycles. The number of nitrogens with zero attached hydrogens (tertiary/aromatic N) is 2. The molecule has 0 aliphatic rings. The van der Waals surface area contributed by atoms with Gasteiger partial charge in [-0.15, -0.1) is 0 Å². The molecule has 1 aromatic heterocycles. The predicted molar refractivity (Wildman–Crippen MR) is 61.2 cm³/mol. The van der Waals surface area contributed by atoms with Crippen LogP contribution in [0.25, 0.3) is 5.69 Å². The molecule has 0 fully saturated rings. The molecule has 15 heavy (non-hydrogen) atoms. The van der Waals surface area contributed by atoms with Crippen molar-refractivity contribution in [3.8, 4) is 5.69 Å². The third-order valence-electron chi connectivity index (χ3n) is 2.17. The van der Waals surface area contributed by atoms with Crippen LogP contribution in [0.3, 0.4) is 0 Å². The third kappa shape index (κ3) is 2.19. The van der Waals surface area contributed by atoms with E-state index < -0.39 is 0 Å². The van der Waals surface area contributed by atoms with E-state index in [4.69, 9.17) is 17.3 Å². The van der Waals surface area contributed by atoms with Gasteiger partial charge < -0.3 is 5.73 Å². The highest BCUT2D eigenvalue weighted by Gasteiger charge is 2.04. The summed E-state index contributed by atoms with van der Waals surface area (Å²) in [4.78, 5) is 0. The van der Waals surface area contributed by atoms with Gasteiger partial charge in [-0.3, -0.25) is 0 Å². The van der Waals surface area contributed by atoms with E-state index in [1.165, 1.54) is 0 Å². The summed E-state index contributed by atoms with van der Waals surface area (Å²) >= 11 is 5.81. The summed E-state index contributed by atoms with van der Waals surface area (Å²) < 4.78 is 1.79. The van der Waals surface area contributed by atoms with E-state index in [9.17, 15) is 0 Å². The average molecular weight is 222 g/mol. The van der Waals surface area contributed by atoms with Crippen molar-refractivity contribution in [2.75, 3.05) is 0 Å². The number of aromatic nitrogens is 2. The van der Waals surface area contributed by atoms with Crippen molar-refractivity contribution >= 4 is 11.6 Å². The summed E-state index contributed by atoms with van der Waals surface area (Å²) in [6, 6.07) is 9.38. The van der Waals surface area contributed by atoms with Crippen molar-refractivity contribution in [2.24, 2.45) is 5.73 Å². The number of halogens is 1. The average Bonchev–Trinajstić information content (AvgIpc) is 2.68. The second kappa shape index (κ2) is 4.04. The molecular formula is C11H12ClN3. The Morgan fingerprint density at radius 3 is 2.47 bits per heavy atom. The third-order valence-corrected chi connectivity index (χ3v) is 2.42. The van der Waals surface area contributed by atoms with E-state index in [1.54, 1.807) is 4.68 Å². The smallest absolute Gasteiger partial charge is 0.0793 e. The SMILES string of the molecule is C[C@@H](N)c1ccn(-c2ccc(Cl)cc2)n1. The van der Waals surface area contributed by atoms with Crippen molar-refractivity contribution in [3.05, 3.63) is 47.2 Å². The summed E-state index contributed by atoms with van der Waals surface area (Å²) in [6.07, 6.45) is 1.89. The minimum absolute atomic E-state index is 0.0430. The summed E-state index contributed by atoms with van der Waals surface area (Å²) in [5.41, 5.74) is 7.59. The van der Waals surface area contributed by atoms with Gasteiger partial charge in [-0.25, -0.2) is 4.68 Å². The van der Waals surface area contributed by atoms with E-state index in [-0.39, 0.29) is 6.04 Å². The van der Waals surface area contributed by atoms with Crippen LogP contribution in [-0.4, -0.2) is 9.78 Å². The molecule has 2 N–H and O–H groups in total. The Hall–Kier alpha value is -1.32. The van der Waals surface area contributed by atoms with Crippen LogP contribution in [0.15, 0.2) is 36.5 Å². The van der Waals surface area contributed by atoms with Gasteiger partial charge in [0.05, 0.1) is 11.4 Å². The lowest BCUT2D eigenvalue weighted by atomic mass is 10.3. The second-order valence-corrected chi connectivity index (χ2v) is 3.89. The fourth-order valence-corrected chi connectivity index (χ4v) is 1.44. The van der Waals surface area contributed by atoms with Gasteiger partial charge in [0, 0.05) is 17.3 Å². The van der Waals surface area contributed by atoms with Crippen LogP contribution in [0.1, 0.15) is 18.7 Å². The normalized spacial score (nSPS) is 12.7. The minimum Gasteiger partial charge on any atom is -0.323 e. The van der Waals surface area contributed by atoms with Gasteiger partial charge >= 0.3 is 0 Å². The zero-order valence-corrected chi connectivity index (χ0v) is 9.15. The second-order valence-electron chi connectivity index (χ2n) is 3.45. The van der Waals surface area contributed by atoms with Crippen LogP contribution in [0.2, 0.25) is 5.02 Å². The lowest BCUT2D eigenvalue weighted by Gasteiger charge is -2.02. The van der Waals surface area contributed by atoms with Crippen LogP contribution in [-0.2, 0) is 0 Å². The fourth-order valence-electron chi connectivity index (χ4n) is 1.32. The van der Waals surface area contributed by atoms with Crippen LogP contribution in [0.5, 0.6) is 0 Å². The standard InChI is InChI=1S/C11H12ClN3/c1-8(13)11-6-7-15(14-11)10-4-2-9(12)3-5-10/h2-8H,13H2,1H3/t8-/m1/s1. The molecule has 0 spiro atoms. The van der Waals surface area contributed by atoms with Crippen LogP contribution in [0.4, 0.5) is 0 Å². The van der Waals surface area contributed by atoms with Crippen molar-refractivity contribution in [3.63, 3.8) is 0 Å². The molecule has 0 aliphatic heterocycles. The summed E-state index contributed by atoms with van der Waals surface area (Å²) in [7, 11) is 0. The minimum atomic E-state index is -0.0430. The molecule has 2 aromatic rings. The summed E-state index contributed by atoms with van der Waals surface area (Å²) in [5.74, 6) is 0. The Bertz CT molecular complexity index is 445. The lowest BCUT2D eigenvalue weighted by Crippen LogP contribution is -2.06. The maximum atomic E-state index is 5.81. The zero-order chi connectivity index (χ0) is 10.8. The van der Waals surface area contributed by atoms with Gasteiger partial charge in [-0.2, -0.15) is 5.10 Å². The first-order valence-corrected chi connectivity index (χ1v) is 5.12. The first-order valence-electron chi connectivity index (χ1n) is 4.74. The van der Waals surface area contributed by atoms with Gasteiger partial charge in [-0.05, 0) is 37.3 Å².